The van der Waals surface area contributed by atoms with Gasteiger partial charge in [-0.1, -0.05) is 61.4 Å². The van der Waals surface area contributed by atoms with Crippen LogP contribution >= 0.6 is 0 Å². The summed E-state index contributed by atoms with van der Waals surface area (Å²) >= 11 is 0. The lowest BCUT2D eigenvalue weighted by atomic mass is 9.93. The Hall–Kier alpha value is -1.63. The largest absolute Gasteiger partial charge is 0.289 e. The van der Waals surface area contributed by atoms with Gasteiger partial charge in [0, 0.05) is 18.2 Å². The molecule has 1 aromatic carbocycles. The maximum atomic E-state index is 4.71. The maximum absolute atomic E-state index is 4.71. The van der Waals surface area contributed by atoms with Crippen LogP contribution < -0.4 is 0 Å². The lowest BCUT2D eigenvalue weighted by Gasteiger charge is -2.13. The van der Waals surface area contributed by atoms with Crippen molar-refractivity contribution >= 4 is 5.71 Å². The van der Waals surface area contributed by atoms with Crippen LogP contribution in [-0.4, -0.2) is 12.3 Å². The standard InChI is InChI=1S/C18H23N/c1-4-5-12-19-15(3)17-8-6-7-9-18(17)16-11-10-14(2)13-16/h6-11,13,16H,4-5,12H2,1-3H3. The van der Waals surface area contributed by atoms with E-state index in [2.05, 4.69) is 63.3 Å². The first-order chi connectivity index (χ1) is 9.22. The number of allylic oxidation sites excluding steroid dienone is 4. The molecule has 1 unspecified atom stereocenters. The van der Waals surface area contributed by atoms with Crippen molar-refractivity contribution in [1.82, 2.24) is 0 Å². The SMILES string of the molecule is CCCCN=C(C)c1ccccc1C1C=CC(C)=C1. The number of hydrogen-bond donors (Lipinski definition) is 0. The van der Waals surface area contributed by atoms with Crippen LogP contribution in [0.15, 0.2) is 53.1 Å². The van der Waals surface area contributed by atoms with Crippen LogP contribution in [0.2, 0.25) is 0 Å². The Morgan fingerprint density at radius 3 is 2.74 bits per heavy atom. The van der Waals surface area contributed by atoms with Gasteiger partial charge in [-0.25, -0.2) is 0 Å². The van der Waals surface area contributed by atoms with Gasteiger partial charge < -0.3 is 0 Å². The number of hydrogen-bond acceptors (Lipinski definition) is 1. The fourth-order valence-electron chi connectivity index (χ4n) is 2.45. The molecule has 1 aliphatic rings. The zero-order valence-corrected chi connectivity index (χ0v) is 12.2. The molecule has 0 bridgehead atoms. The van der Waals surface area contributed by atoms with E-state index in [1.54, 1.807) is 0 Å². The smallest absolute Gasteiger partial charge is 0.0392 e. The Morgan fingerprint density at radius 1 is 1.26 bits per heavy atom. The zero-order chi connectivity index (χ0) is 13.7. The van der Waals surface area contributed by atoms with Crippen molar-refractivity contribution in [1.29, 1.82) is 0 Å². The van der Waals surface area contributed by atoms with Crippen molar-refractivity contribution in [2.75, 3.05) is 6.54 Å². The molecule has 1 nitrogen and oxygen atoms in total. The first-order valence-electron chi connectivity index (χ1n) is 7.19. The normalized spacial score (nSPS) is 18.8. The van der Waals surface area contributed by atoms with Gasteiger partial charge >= 0.3 is 0 Å². The van der Waals surface area contributed by atoms with Crippen molar-refractivity contribution in [2.45, 2.75) is 39.5 Å². The Kier molecular flexibility index (Phi) is 4.73. The van der Waals surface area contributed by atoms with Gasteiger partial charge in [-0.3, -0.25) is 4.99 Å². The molecule has 19 heavy (non-hydrogen) atoms. The summed E-state index contributed by atoms with van der Waals surface area (Å²) in [6, 6.07) is 8.63. The maximum Gasteiger partial charge on any atom is 0.0392 e. The molecule has 1 heteroatoms. The molecule has 0 saturated heterocycles. The molecule has 0 saturated carbocycles. The predicted molar refractivity (Wildman–Crippen MR) is 84.1 cm³/mol. The van der Waals surface area contributed by atoms with Gasteiger partial charge in [-0.15, -0.1) is 0 Å². The second-order valence-corrected chi connectivity index (χ2v) is 5.20. The molecule has 0 aromatic heterocycles. The molecule has 0 fully saturated rings. The lowest BCUT2D eigenvalue weighted by molar-refractivity contribution is 0.807. The average Bonchev–Trinajstić information content (AvgIpc) is 2.85. The van der Waals surface area contributed by atoms with Crippen LogP contribution in [0.3, 0.4) is 0 Å². The van der Waals surface area contributed by atoms with E-state index < -0.39 is 0 Å². The van der Waals surface area contributed by atoms with Crippen molar-refractivity contribution in [3.63, 3.8) is 0 Å². The first-order valence-corrected chi connectivity index (χ1v) is 7.19. The predicted octanol–water partition coefficient (Wildman–Crippen LogP) is 4.90. The summed E-state index contributed by atoms with van der Waals surface area (Å²) in [4.78, 5) is 4.71. The van der Waals surface area contributed by atoms with E-state index in [0.717, 1.165) is 12.3 Å². The van der Waals surface area contributed by atoms with Crippen LogP contribution in [-0.2, 0) is 0 Å². The van der Waals surface area contributed by atoms with E-state index in [1.165, 1.54) is 29.5 Å². The molecular formula is C18H23N. The summed E-state index contributed by atoms with van der Waals surface area (Å²) in [6.45, 7) is 7.42. The van der Waals surface area contributed by atoms with Crippen LogP contribution in [0.1, 0.15) is 50.7 Å². The molecule has 2 rings (SSSR count). The van der Waals surface area contributed by atoms with Gasteiger partial charge in [-0.05, 0) is 31.4 Å². The third-order valence-electron chi connectivity index (χ3n) is 3.58. The third kappa shape index (κ3) is 3.44. The quantitative estimate of drug-likeness (QED) is 0.523. The van der Waals surface area contributed by atoms with E-state index in [9.17, 15) is 0 Å². The second-order valence-electron chi connectivity index (χ2n) is 5.20. The van der Waals surface area contributed by atoms with Gasteiger partial charge in [0.1, 0.15) is 0 Å². The van der Waals surface area contributed by atoms with E-state index in [1.807, 2.05) is 0 Å². The van der Waals surface area contributed by atoms with Crippen LogP contribution in [0.5, 0.6) is 0 Å². The highest BCUT2D eigenvalue weighted by molar-refractivity contribution is 6.00. The summed E-state index contributed by atoms with van der Waals surface area (Å²) in [5.74, 6) is 0.410. The lowest BCUT2D eigenvalue weighted by Crippen LogP contribution is -2.04. The Morgan fingerprint density at radius 2 is 2.05 bits per heavy atom. The summed E-state index contributed by atoms with van der Waals surface area (Å²) in [7, 11) is 0. The Balaban J connectivity index is 2.26. The molecule has 1 aliphatic carbocycles. The highest BCUT2D eigenvalue weighted by atomic mass is 14.7. The summed E-state index contributed by atoms with van der Waals surface area (Å²) in [5.41, 5.74) is 5.17. The number of aliphatic imine (C=N–C) groups is 1. The highest BCUT2D eigenvalue weighted by Gasteiger charge is 2.14. The fraction of sp³-hybridized carbons (Fsp3) is 0.389. The Bertz CT molecular complexity index is 520. The second kappa shape index (κ2) is 6.51. The minimum absolute atomic E-state index is 0.410. The molecule has 0 amide bonds. The van der Waals surface area contributed by atoms with Crippen LogP contribution in [0.25, 0.3) is 0 Å². The van der Waals surface area contributed by atoms with Crippen molar-refractivity contribution in [3.8, 4) is 0 Å². The Labute approximate surface area is 116 Å². The topological polar surface area (TPSA) is 12.4 Å². The zero-order valence-electron chi connectivity index (χ0n) is 12.2. The average molecular weight is 253 g/mol. The molecule has 0 radical (unpaired) electrons. The number of nitrogens with zero attached hydrogens (tertiary/aromatic N) is 1. The van der Waals surface area contributed by atoms with Gasteiger partial charge in [-0.2, -0.15) is 0 Å². The van der Waals surface area contributed by atoms with E-state index in [-0.39, 0.29) is 0 Å². The molecule has 100 valence electrons. The van der Waals surface area contributed by atoms with Gasteiger partial charge in [0.25, 0.3) is 0 Å². The monoisotopic (exact) mass is 253 g/mol. The fourth-order valence-corrected chi connectivity index (χ4v) is 2.45. The molecule has 1 aromatic rings. The molecule has 1 atom stereocenters. The molecule has 0 spiro atoms. The molecule has 0 N–H and O–H groups in total. The summed E-state index contributed by atoms with van der Waals surface area (Å²) in [6.07, 6.45) is 9.16. The van der Waals surface area contributed by atoms with Crippen LogP contribution in [0, 0.1) is 0 Å². The molecule has 0 heterocycles. The van der Waals surface area contributed by atoms with Crippen LogP contribution in [0.4, 0.5) is 0 Å². The van der Waals surface area contributed by atoms with Crippen molar-refractivity contribution in [2.24, 2.45) is 4.99 Å². The minimum Gasteiger partial charge on any atom is -0.289 e. The molecule has 0 aliphatic heterocycles. The van der Waals surface area contributed by atoms with E-state index in [0.29, 0.717) is 5.92 Å². The number of rotatable bonds is 5. The van der Waals surface area contributed by atoms with Gasteiger partial charge in [0.15, 0.2) is 0 Å². The van der Waals surface area contributed by atoms with E-state index in [4.69, 9.17) is 4.99 Å². The number of benzene rings is 1. The first kappa shape index (κ1) is 13.8. The van der Waals surface area contributed by atoms with Crippen molar-refractivity contribution < 1.29 is 0 Å². The third-order valence-corrected chi connectivity index (χ3v) is 3.58. The van der Waals surface area contributed by atoms with Gasteiger partial charge in [0.05, 0.1) is 0 Å². The molecular weight excluding hydrogens is 230 g/mol. The van der Waals surface area contributed by atoms with E-state index >= 15 is 0 Å². The highest BCUT2D eigenvalue weighted by Crippen LogP contribution is 2.29. The number of unbranched alkanes of at least 4 members (excludes halogenated alkanes) is 1. The van der Waals surface area contributed by atoms with Gasteiger partial charge in [0.2, 0.25) is 0 Å². The summed E-state index contributed by atoms with van der Waals surface area (Å²) in [5, 5.41) is 0. The van der Waals surface area contributed by atoms with Crippen molar-refractivity contribution in [3.05, 3.63) is 59.2 Å². The summed E-state index contributed by atoms with van der Waals surface area (Å²) < 4.78 is 0. The minimum atomic E-state index is 0.410.